The number of hydrogen-bond acceptors (Lipinski definition) is 4. The third-order valence-electron chi connectivity index (χ3n) is 6.32. The number of aryl methyl sites for hydroxylation is 1. The van der Waals surface area contributed by atoms with Crippen LogP contribution in [0.1, 0.15) is 36.5 Å². The normalized spacial score (nSPS) is 12.0. The summed E-state index contributed by atoms with van der Waals surface area (Å²) in [4.78, 5) is 28.6. The molecule has 3 aromatic carbocycles. The molecule has 0 spiro atoms. The molecule has 39 heavy (non-hydrogen) atoms. The molecule has 0 aliphatic heterocycles. The molecule has 0 saturated carbocycles. The number of amides is 2. The number of carbonyl (C=O) groups is 2. The van der Waals surface area contributed by atoms with Gasteiger partial charge in [0.15, 0.2) is 0 Å². The lowest BCUT2D eigenvalue weighted by atomic mass is 10.0. The summed E-state index contributed by atoms with van der Waals surface area (Å²) in [5.41, 5.74) is 3.19. The Labute approximate surface area is 230 Å². The highest BCUT2D eigenvalue weighted by molar-refractivity contribution is 7.92. The summed E-state index contributed by atoms with van der Waals surface area (Å²) in [6, 6.07) is 21.8. The van der Waals surface area contributed by atoms with Crippen LogP contribution in [0.15, 0.2) is 78.9 Å². The lowest BCUT2D eigenvalue weighted by molar-refractivity contribution is -0.141. The molecule has 0 unspecified atom stereocenters. The number of sulfonamides is 1. The lowest BCUT2D eigenvalue weighted by Crippen LogP contribution is -2.50. The molecule has 3 rings (SSSR count). The number of nitrogens with one attached hydrogen (secondary N) is 1. The molecule has 1 atom stereocenters. The van der Waals surface area contributed by atoms with Gasteiger partial charge >= 0.3 is 0 Å². The Balaban J connectivity index is 1.85. The van der Waals surface area contributed by atoms with Gasteiger partial charge in [-0.05, 0) is 55.7 Å². The van der Waals surface area contributed by atoms with Gasteiger partial charge in [-0.1, -0.05) is 60.2 Å². The number of anilines is 1. The van der Waals surface area contributed by atoms with Crippen LogP contribution in [-0.4, -0.2) is 50.5 Å². The first-order valence-electron chi connectivity index (χ1n) is 13.0. The van der Waals surface area contributed by atoms with Crippen LogP contribution in [0.25, 0.3) is 0 Å². The second-order valence-electron chi connectivity index (χ2n) is 9.53. The van der Waals surface area contributed by atoms with Crippen LogP contribution in [0.2, 0.25) is 0 Å². The van der Waals surface area contributed by atoms with Crippen LogP contribution < -0.4 is 9.62 Å². The molecule has 0 saturated heterocycles. The summed E-state index contributed by atoms with van der Waals surface area (Å²) in [5.74, 6) is -0.966. The zero-order valence-electron chi connectivity index (χ0n) is 22.6. The van der Waals surface area contributed by atoms with E-state index >= 15 is 0 Å². The maximum absolute atomic E-state index is 13.7. The number of hydrogen-bond donors (Lipinski definition) is 1. The maximum atomic E-state index is 13.7. The molecule has 0 bridgehead atoms. The first-order chi connectivity index (χ1) is 18.6. The minimum absolute atomic E-state index is 0.0315. The van der Waals surface area contributed by atoms with E-state index in [0.717, 1.165) is 27.3 Å². The van der Waals surface area contributed by atoms with Crippen LogP contribution >= 0.6 is 0 Å². The second-order valence-corrected chi connectivity index (χ2v) is 11.4. The topological polar surface area (TPSA) is 86.8 Å². The van der Waals surface area contributed by atoms with E-state index in [-0.39, 0.29) is 37.7 Å². The molecule has 0 aliphatic rings. The second kappa shape index (κ2) is 13.9. The molecular formula is C30H36FN3O4S. The van der Waals surface area contributed by atoms with E-state index in [0.29, 0.717) is 18.7 Å². The summed E-state index contributed by atoms with van der Waals surface area (Å²) in [5, 5.41) is 2.87. The molecule has 208 valence electrons. The van der Waals surface area contributed by atoms with Crippen molar-refractivity contribution in [2.45, 2.75) is 45.7 Å². The van der Waals surface area contributed by atoms with Crippen molar-refractivity contribution < 1.29 is 22.4 Å². The van der Waals surface area contributed by atoms with Gasteiger partial charge in [0.25, 0.3) is 0 Å². The first-order valence-corrected chi connectivity index (χ1v) is 14.8. The number of rotatable bonds is 13. The third kappa shape index (κ3) is 8.92. The SMILES string of the molecule is CCNC(=O)[C@@H](Cc1ccccc1)N(Cc1cccc(C)c1)C(=O)CCCN(c1ccc(F)cc1)S(C)(=O)=O. The quantitative estimate of drug-likeness (QED) is 0.339. The van der Waals surface area contributed by atoms with Crippen molar-refractivity contribution in [1.29, 1.82) is 0 Å². The fraction of sp³-hybridized carbons (Fsp3) is 0.333. The van der Waals surface area contributed by atoms with Gasteiger partial charge in [0.05, 0.1) is 11.9 Å². The van der Waals surface area contributed by atoms with Crippen molar-refractivity contribution in [3.8, 4) is 0 Å². The zero-order chi connectivity index (χ0) is 28.4. The fourth-order valence-corrected chi connectivity index (χ4v) is 5.43. The standard InChI is InChI=1S/C30H36FN3O4S/c1-4-32-30(36)28(21-24-11-6-5-7-12-24)33(22-25-13-8-10-23(2)20-25)29(35)14-9-19-34(39(3,37)38)27-17-15-26(31)16-18-27/h5-8,10-13,15-18,20,28H,4,9,14,19,21-22H2,1-3H3,(H,32,36)/t28-/m1/s1. The van der Waals surface area contributed by atoms with Gasteiger partial charge in [-0.2, -0.15) is 0 Å². The van der Waals surface area contributed by atoms with Crippen LogP contribution in [-0.2, 0) is 32.6 Å². The molecule has 3 aromatic rings. The molecule has 1 N–H and O–H groups in total. The average molecular weight is 554 g/mol. The molecule has 0 radical (unpaired) electrons. The smallest absolute Gasteiger partial charge is 0.243 e. The summed E-state index contributed by atoms with van der Waals surface area (Å²) in [7, 11) is -3.66. The van der Waals surface area contributed by atoms with Crippen molar-refractivity contribution in [2.75, 3.05) is 23.7 Å². The van der Waals surface area contributed by atoms with E-state index in [1.165, 1.54) is 24.3 Å². The van der Waals surface area contributed by atoms with Crippen LogP contribution in [0, 0.1) is 12.7 Å². The van der Waals surface area contributed by atoms with Crippen molar-refractivity contribution in [2.24, 2.45) is 0 Å². The van der Waals surface area contributed by atoms with E-state index in [4.69, 9.17) is 0 Å². The van der Waals surface area contributed by atoms with E-state index in [1.807, 2.05) is 68.4 Å². The van der Waals surface area contributed by atoms with Gasteiger partial charge < -0.3 is 10.2 Å². The van der Waals surface area contributed by atoms with Gasteiger partial charge in [-0.25, -0.2) is 12.8 Å². The highest BCUT2D eigenvalue weighted by atomic mass is 32.2. The first kappa shape index (κ1) is 29.8. The Morgan fingerprint density at radius 3 is 2.23 bits per heavy atom. The lowest BCUT2D eigenvalue weighted by Gasteiger charge is -2.32. The average Bonchev–Trinajstić information content (AvgIpc) is 2.89. The van der Waals surface area contributed by atoms with Crippen LogP contribution in [0.3, 0.4) is 0 Å². The predicted molar refractivity (Wildman–Crippen MR) is 152 cm³/mol. The number of benzene rings is 3. The highest BCUT2D eigenvalue weighted by Gasteiger charge is 2.30. The van der Waals surface area contributed by atoms with Crippen LogP contribution in [0.4, 0.5) is 10.1 Å². The van der Waals surface area contributed by atoms with Crippen molar-refractivity contribution in [3.63, 3.8) is 0 Å². The largest absolute Gasteiger partial charge is 0.355 e. The summed E-state index contributed by atoms with van der Waals surface area (Å²) < 4.78 is 39.5. The Bertz CT molecular complexity index is 1350. The van der Waals surface area contributed by atoms with Gasteiger partial charge in [-0.15, -0.1) is 0 Å². The summed E-state index contributed by atoms with van der Waals surface area (Å²) in [6.45, 7) is 4.51. The molecular weight excluding hydrogens is 517 g/mol. The number of likely N-dealkylation sites (N-methyl/N-ethyl adjacent to an activating group) is 1. The molecule has 7 nitrogen and oxygen atoms in total. The minimum Gasteiger partial charge on any atom is -0.355 e. The molecule has 9 heteroatoms. The van der Waals surface area contributed by atoms with Crippen molar-refractivity contribution in [1.82, 2.24) is 10.2 Å². The predicted octanol–water partition coefficient (Wildman–Crippen LogP) is 4.46. The Morgan fingerprint density at radius 1 is 0.949 bits per heavy atom. The highest BCUT2D eigenvalue weighted by Crippen LogP contribution is 2.21. The van der Waals surface area contributed by atoms with Gasteiger partial charge in [0.2, 0.25) is 21.8 Å². The Morgan fingerprint density at radius 2 is 1.62 bits per heavy atom. The van der Waals surface area contributed by atoms with Crippen molar-refractivity contribution >= 4 is 27.5 Å². The fourth-order valence-electron chi connectivity index (χ4n) is 4.46. The minimum atomic E-state index is -3.66. The van der Waals surface area contributed by atoms with E-state index in [9.17, 15) is 22.4 Å². The van der Waals surface area contributed by atoms with E-state index in [2.05, 4.69) is 5.32 Å². The van der Waals surface area contributed by atoms with Gasteiger partial charge in [0.1, 0.15) is 11.9 Å². The maximum Gasteiger partial charge on any atom is 0.243 e. The Hall–Kier alpha value is -3.72. The summed E-state index contributed by atoms with van der Waals surface area (Å²) in [6.07, 6.45) is 1.67. The molecule has 0 fully saturated rings. The third-order valence-corrected chi connectivity index (χ3v) is 7.52. The zero-order valence-corrected chi connectivity index (χ0v) is 23.5. The Kier molecular flexibility index (Phi) is 10.6. The monoisotopic (exact) mass is 553 g/mol. The van der Waals surface area contributed by atoms with E-state index in [1.54, 1.807) is 4.90 Å². The van der Waals surface area contributed by atoms with Gasteiger partial charge in [-0.3, -0.25) is 13.9 Å². The summed E-state index contributed by atoms with van der Waals surface area (Å²) >= 11 is 0. The van der Waals surface area contributed by atoms with Crippen molar-refractivity contribution in [3.05, 3.63) is 101 Å². The number of carbonyl (C=O) groups excluding carboxylic acids is 2. The number of halogens is 1. The van der Waals surface area contributed by atoms with Crippen LogP contribution in [0.5, 0.6) is 0 Å². The van der Waals surface area contributed by atoms with Gasteiger partial charge in [0, 0.05) is 32.5 Å². The molecule has 2 amide bonds. The van der Waals surface area contributed by atoms with E-state index < -0.39 is 21.9 Å². The molecule has 0 aliphatic carbocycles. The number of nitrogens with zero attached hydrogens (tertiary/aromatic N) is 2. The molecule has 0 heterocycles. The molecule has 0 aromatic heterocycles.